The fourth-order valence-corrected chi connectivity index (χ4v) is 9.37. The molecule has 5 amide bonds. The molecule has 2 atom stereocenters. The summed E-state index contributed by atoms with van der Waals surface area (Å²) >= 11 is 6.47. The predicted octanol–water partition coefficient (Wildman–Crippen LogP) is 6.36. The van der Waals surface area contributed by atoms with Crippen LogP contribution in [-0.4, -0.2) is 111 Å². The molecule has 1 unspecified atom stereocenters. The number of halogens is 1. The third kappa shape index (κ3) is 9.21. The van der Waals surface area contributed by atoms with Gasteiger partial charge in [-0.1, -0.05) is 35.3 Å². The monoisotopic (exact) mass is 876 g/mol. The van der Waals surface area contributed by atoms with E-state index in [-0.39, 0.29) is 35.9 Å². The maximum atomic E-state index is 13.3. The number of nitrogens with one attached hydrogen (secondary N) is 2. The Hall–Kier alpha value is -6.06. The molecule has 0 bridgehead atoms. The van der Waals surface area contributed by atoms with Crippen molar-refractivity contribution < 1.29 is 33.2 Å². The summed E-state index contributed by atoms with van der Waals surface area (Å²) in [5.41, 5.74) is 7.15. The van der Waals surface area contributed by atoms with E-state index in [1.165, 1.54) is 0 Å². The quantitative estimate of drug-likeness (QED) is 0.0835. The first kappa shape index (κ1) is 43.6. The number of fused-ring (bicyclic) bond motifs is 2. The molecule has 2 fully saturated rings. The number of anilines is 1. The van der Waals surface area contributed by atoms with Crippen LogP contribution in [0.25, 0.3) is 22.2 Å². The van der Waals surface area contributed by atoms with Gasteiger partial charge in [-0.3, -0.25) is 39.1 Å². The highest BCUT2D eigenvalue weighted by Gasteiger charge is 2.44. The van der Waals surface area contributed by atoms with Gasteiger partial charge in [-0.2, -0.15) is 0 Å². The molecule has 2 saturated heterocycles. The first-order valence-corrected chi connectivity index (χ1v) is 22.1. The average Bonchev–Trinajstić information content (AvgIpc) is 3.88. The molecule has 8 rings (SSSR count). The van der Waals surface area contributed by atoms with E-state index in [0.717, 1.165) is 102 Å². The van der Waals surface area contributed by atoms with Crippen LogP contribution in [0.3, 0.4) is 0 Å². The van der Waals surface area contributed by atoms with Gasteiger partial charge in [0.2, 0.25) is 17.7 Å². The molecule has 63 heavy (non-hydrogen) atoms. The Bertz CT molecular complexity index is 2560. The lowest BCUT2D eigenvalue weighted by atomic mass is 10.0. The topological polar surface area (TPSA) is 172 Å². The number of piperazine rings is 1. The number of ether oxygens (including phenoxy) is 1. The number of aryl methyl sites for hydroxylation is 4. The largest absolute Gasteiger partial charge is 0.495 e. The molecule has 16 heteroatoms. The number of rotatable bonds is 16. The van der Waals surface area contributed by atoms with Gasteiger partial charge in [-0.05, 0) is 100 Å². The molecular formula is C47H53ClN8O7. The number of carbonyl (C=O) groups is 5. The van der Waals surface area contributed by atoms with Crippen LogP contribution < -0.4 is 15.4 Å². The van der Waals surface area contributed by atoms with Gasteiger partial charge in [0, 0.05) is 75.8 Å². The van der Waals surface area contributed by atoms with Crippen LogP contribution in [0.5, 0.6) is 5.75 Å². The average molecular weight is 877 g/mol. The van der Waals surface area contributed by atoms with E-state index < -0.39 is 29.7 Å². The number of carbonyl (C=O) groups excluding carboxylic acids is 5. The van der Waals surface area contributed by atoms with Crippen molar-refractivity contribution in [1.82, 2.24) is 34.7 Å². The molecule has 330 valence electrons. The molecule has 5 aromatic rings. The number of amides is 5. The van der Waals surface area contributed by atoms with Gasteiger partial charge >= 0.3 is 0 Å². The lowest BCUT2D eigenvalue weighted by Crippen LogP contribution is -2.54. The van der Waals surface area contributed by atoms with Gasteiger partial charge in [0.25, 0.3) is 11.8 Å². The van der Waals surface area contributed by atoms with E-state index in [1.807, 2.05) is 36.9 Å². The Morgan fingerprint density at radius 1 is 0.952 bits per heavy atom. The van der Waals surface area contributed by atoms with Crippen LogP contribution in [0.2, 0.25) is 5.02 Å². The molecule has 2 N–H and O–H groups in total. The van der Waals surface area contributed by atoms with Crippen LogP contribution in [0, 0.1) is 13.8 Å². The summed E-state index contributed by atoms with van der Waals surface area (Å²) in [5, 5.41) is 10.3. The van der Waals surface area contributed by atoms with Gasteiger partial charge in [0.1, 0.15) is 23.4 Å². The number of unbranched alkanes of at least 4 members (excludes halogenated alkanes) is 2. The summed E-state index contributed by atoms with van der Waals surface area (Å²) in [6.07, 6.45) is 4.62. The maximum absolute atomic E-state index is 13.3. The van der Waals surface area contributed by atoms with E-state index in [9.17, 15) is 24.0 Å². The van der Waals surface area contributed by atoms with Crippen LogP contribution in [0.4, 0.5) is 5.69 Å². The molecule has 0 spiro atoms. The normalized spacial score (nSPS) is 17.4. The van der Waals surface area contributed by atoms with Gasteiger partial charge in [-0.25, -0.2) is 4.98 Å². The minimum Gasteiger partial charge on any atom is -0.495 e. The lowest BCUT2D eigenvalue weighted by Gasteiger charge is -2.38. The second-order valence-corrected chi connectivity index (χ2v) is 17.1. The molecular weight excluding hydrogens is 824 g/mol. The molecule has 0 saturated carbocycles. The number of imide groups is 2. The zero-order chi connectivity index (χ0) is 44.4. The second kappa shape index (κ2) is 18.7. The highest BCUT2D eigenvalue weighted by atomic mass is 35.5. The summed E-state index contributed by atoms with van der Waals surface area (Å²) in [7, 11) is 1.61. The third-order valence-electron chi connectivity index (χ3n) is 12.6. The Morgan fingerprint density at radius 3 is 2.48 bits per heavy atom. The lowest BCUT2D eigenvalue weighted by molar-refractivity contribution is -0.136. The number of piperidine rings is 1. The smallest absolute Gasteiger partial charge is 0.262 e. The number of benzene rings is 3. The molecule has 3 aliphatic heterocycles. The van der Waals surface area contributed by atoms with E-state index in [0.29, 0.717) is 42.5 Å². The summed E-state index contributed by atoms with van der Waals surface area (Å²) in [6.45, 7) is 10.5. The van der Waals surface area contributed by atoms with E-state index >= 15 is 0 Å². The Kier molecular flexibility index (Phi) is 13.0. The Labute approximate surface area is 371 Å². The van der Waals surface area contributed by atoms with Crippen molar-refractivity contribution in [3.63, 3.8) is 0 Å². The van der Waals surface area contributed by atoms with Gasteiger partial charge < -0.3 is 24.0 Å². The van der Waals surface area contributed by atoms with Crippen molar-refractivity contribution >= 4 is 57.9 Å². The highest BCUT2D eigenvalue weighted by Crippen LogP contribution is 2.32. The van der Waals surface area contributed by atoms with Crippen LogP contribution in [0.1, 0.15) is 89.0 Å². The number of aromatic nitrogens is 3. The first-order valence-electron chi connectivity index (χ1n) is 21.8. The van der Waals surface area contributed by atoms with Gasteiger partial charge in [0.15, 0.2) is 0 Å². The number of imidazole rings is 1. The number of nitrogens with zero attached hydrogens (tertiary/aromatic N) is 6. The van der Waals surface area contributed by atoms with Gasteiger partial charge in [-0.15, -0.1) is 0 Å². The molecule has 2 aromatic heterocycles. The summed E-state index contributed by atoms with van der Waals surface area (Å²) < 4.78 is 13.2. The maximum Gasteiger partial charge on any atom is 0.262 e. The molecule has 3 aliphatic rings. The van der Waals surface area contributed by atoms with Crippen molar-refractivity contribution in [2.75, 3.05) is 45.2 Å². The predicted molar refractivity (Wildman–Crippen MR) is 238 cm³/mol. The van der Waals surface area contributed by atoms with E-state index in [1.54, 1.807) is 25.3 Å². The fraction of sp³-hybridized carbons (Fsp3) is 0.426. The van der Waals surface area contributed by atoms with Crippen LogP contribution >= 0.6 is 11.6 Å². The summed E-state index contributed by atoms with van der Waals surface area (Å²) in [6, 6.07) is 16.5. The summed E-state index contributed by atoms with van der Waals surface area (Å²) in [5.74, 6) is 0.507. The van der Waals surface area contributed by atoms with Crippen molar-refractivity contribution in [3.8, 4) is 16.9 Å². The van der Waals surface area contributed by atoms with Crippen molar-refractivity contribution in [2.45, 2.75) is 90.8 Å². The van der Waals surface area contributed by atoms with E-state index in [2.05, 4.69) is 50.4 Å². The number of hydrogen-bond acceptors (Lipinski definition) is 11. The minimum atomic E-state index is -0.996. The highest BCUT2D eigenvalue weighted by molar-refractivity contribution is 6.32. The second-order valence-electron chi connectivity index (χ2n) is 16.7. The Balaban J connectivity index is 0.813. The fourth-order valence-electron chi connectivity index (χ4n) is 9.09. The zero-order valence-electron chi connectivity index (χ0n) is 36.2. The Morgan fingerprint density at radius 2 is 1.75 bits per heavy atom. The minimum absolute atomic E-state index is 0.0736. The third-order valence-corrected chi connectivity index (χ3v) is 12.9. The van der Waals surface area contributed by atoms with Crippen LogP contribution in [0.15, 0.2) is 59.1 Å². The van der Waals surface area contributed by atoms with E-state index in [4.69, 9.17) is 25.8 Å². The van der Waals surface area contributed by atoms with Gasteiger partial charge in [0.05, 0.1) is 40.0 Å². The molecule has 5 heterocycles. The van der Waals surface area contributed by atoms with Crippen molar-refractivity contribution in [2.24, 2.45) is 0 Å². The number of methoxy groups -OCH3 is 1. The summed E-state index contributed by atoms with van der Waals surface area (Å²) in [4.78, 5) is 74.0. The molecule has 15 nitrogen and oxygen atoms in total. The van der Waals surface area contributed by atoms with Crippen LogP contribution in [-0.2, 0) is 33.8 Å². The number of hydrogen-bond donors (Lipinski definition) is 2. The standard InChI is InChI=1S/C47H53ClN8O7/c1-28(27-55-38-14-11-32(44-29(2)52-63-30(44)3)25-37(38)50-41(55)17-10-31-9-16-40(62-4)36(48)24-31)53-20-22-54(23-21-53)43(58)8-6-5-7-19-49-33-12-13-34-35(26-33)47(61)56(46(34)60)39-15-18-42(57)51-45(39)59/h9,11-14,16,24-26,28,39,49H,5-8,10,15,17-23,27H2,1-4H3,(H,51,57,59)/t28-,39?/m0/s1. The van der Waals surface area contributed by atoms with Crippen molar-refractivity contribution in [1.29, 1.82) is 0 Å². The molecule has 0 aliphatic carbocycles. The molecule has 3 aromatic carbocycles. The molecule has 0 radical (unpaired) electrons. The first-order chi connectivity index (χ1) is 30.4. The SMILES string of the molecule is COc1ccc(CCc2nc3cc(-c4c(C)noc4C)ccc3n2C[C@H](C)N2CCN(C(=O)CCCCCNc3ccc4c(c3)C(=O)N(C3CCC(=O)NC3=O)C4=O)CC2)cc1Cl. The van der Waals surface area contributed by atoms with Crippen molar-refractivity contribution in [3.05, 3.63) is 93.6 Å². The zero-order valence-corrected chi connectivity index (χ0v) is 36.9.